The van der Waals surface area contributed by atoms with Gasteiger partial charge in [0, 0.05) is 17.8 Å². The minimum Gasteiger partial charge on any atom is -0.306 e. The summed E-state index contributed by atoms with van der Waals surface area (Å²) in [5.74, 6) is 0.718. The normalized spacial score (nSPS) is 16.8. The zero-order valence-corrected chi connectivity index (χ0v) is 14.3. The molecule has 1 fully saturated rings. The van der Waals surface area contributed by atoms with Crippen LogP contribution in [0.3, 0.4) is 0 Å². The molecule has 5 nitrogen and oxygen atoms in total. The van der Waals surface area contributed by atoms with Crippen LogP contribution in [0.25, 0.3) is 22.3 Å². The van der Waals surface area contributed by atoms with E-state index in [1.54, 1.807) is 0 Å². The van der Waals surface area contributed by atoms with Crippen LogP contribution in [-0.2, 0) is 6.54 Å². The molecule has 4 rings (SSSR count). The van der Waals surface area contributed by atoms with E-state index >= 15 is 0 Å². The summed E-state index contributed by atoms with van der Waals surface area (Å²) in [5, 5.41) is 4.62. The lowest BCUT2D eigenvalue weighted by Gasteiger charge is -2.29. The predicted molar refractivity (Wildman–Crippen MR) is 95.7 cm³/mol. The third-order valence-corrected chi connectivity index (χ3v) is 5.10. The SMILES string of the molecule is Cc1c(-c2cnc3ccccc3n2)cnn1CC1CCN(C)CC1. The van der Waals surface area contributed by atoms with Crippen LogP contribution in [0.15, 0.2) is 36.7 Å². The van der Waals surface area contributed by atoms with Crippen LogP contribution in [0.5, 0.6) is 0 Å². The summed E-state index contributed by atoms with van der Waals surface area (Å²) in [4.78, 5) is 11.7. The summed E-state index contributed by atoms with van der Waals surface area (Å²) in [7, 11) is 2.20. The molecule has 1 aliphatic rings. The van der Waals surface area contributed by atoms with E-state index in [1.807, 2.05) is 36.7 Å². The van der Waals surface area contributed by atoms with Crippen LogP contribution in [-0.4, -0.2) is 44.8 Å². The Hall–Kier alpha value is -2.27. The summed E-state index contributed by atoms with van der Waals surface area (Å²) in [5.41, 5.74) is 5.02. The van der Waals surface area contributed by atoms with Gasteiger partial charge in [-0.3, -0.25) is 9.67 Å². The van der Waals surface area contributed by atoms with Crippen LogP contribution in [0.4, 0.5) is 0 Å². The average molecular weight is 321 g/mol. The highest BCUT2D eigenvalue weighted by Gasteiger charge is 2.19. The van der Waals surface area contributed by atoms with Crippen LogP contribution in [0.2, 0.25) is 0 Å². The van der Waals surface area contributed by atoms with Crippen LogP contribution >= 0.6 is 0 Å². The van der Waals surface area contributed by atoms with Crippen LogP contribution < -0.4 is 0 Å². The van der Waals surface area contributed by atoms with Crippen molar-refractivity contribution in [2.45, 2.75) is 26.3 Å². The number of nitrogens with zero attached hydrogens (tertiary/aromatic N) is 5. The number of rotatable bonds is 3. The van der Waals surface area contributed by atoms with Crippen molar-refractivity contribution in [3.05, 3.63) is 42.4 Å². The smallest absolute Gasteiger partial charge is 0.0927 e. The Morgan fingerprint density at radius 2 is 1.83 bits per heavy atom. The van der Waals surface area contributed by atoms with E-state index in [4.69, 9.17) is 4.98 Å². The van der Waals surface area contributed by atoms with Gasteiger partial charge in [-0.15, -0.1) is 0 Å². The predicted octanol–water partition coefficient (Wildman–Crippen LogP) is 3.14. The number of likely N-dealkylation sites (tertiary alicyclic amines) is 1. The first kappa shape index (κ1) is 15.3. The second-order valence-corrected chi connectivity index (χ2v) is 6.82. The minimum absolute atomic E-state index is 0.718. The molecule has 0 radical (unpaired) electrons. The van der Waals surface area contributed by atoms with Crippen molar-refractivity contribution >= 4 is 11.0 Å². The lowest BCUT2D eigenvalue weighted by Crippen LogP contribution is -2.32. The first-order valence-electron chi connectivity index (χ1n) is 8.64. The van der Waals surface area contributed by atoms with Crippen molar-refractivity contribution in [1.29, 1.82) is 0 Å². The Bertz CT molecular complexity index is 846. The minimum atomic E-state index is 0.718. The van der Waals surface area contributed by atoms with Gasteiger partial charge in [-0.2, -0.15) is 5.10 Å². The monoisotopic (exact) mass is 321 g/mol. The fraction of sp³-hybridized carbons (Fsp3) is 0.421. The topological polar surface area (TPSA) is 46.8 Å². The molecule has 0 saturated carbocycles. The Balaban J connectivity index is 1.58. The molecule has 5 heteroatoms. The van der Waals surface area contributed by atoms with E-state index in [2.05, 4.69) is 33.6 Å². The lowest BCUT2D eigenvalue weighted by atomic mass is 9.97. The van der Waals surface area contributed by atoms with Gasteiger partial charge in [-0.25, -0.2) is 4.98 Å². The van der Waals surface area contributed by atoms with Gasteiger partial charge in [-0.1, -0.05) is 12.1 Å². The van der Waals surface area contributed by atoms with Crippen molar-refractivity contribution in [2.24, 2.45) is 5.92 Å². The van der Waals surface area contributed by atoms with Gasteiger partial charge in [0.15, 0.2) is 0 Å². The van der Waals surface area contributed by atoms with Crippen LogP contribution in [0.1, 0.15) is 18.5 Å². The molecule has 1 aromatic carbocycles. The van der Waals surface area contributed by atoms with Gasteiger partial charge < -0.3 is 4.90 Å². The third kappa shape index (κ3) is 2.91. The molecule has 0 N–H and O–H groups in total. The molecule has 0 aliphatic carbocycles. The Morgan fingerprint density at radius 1 is 1.08 bits per heavy atom. The Kier molecular flexibility index (Phi) is 4.02. The van der Waals surface area contributed by atoms with E-state index in [1.165, 1.54) is 31.6 Å². The maximum Gasteiger partial charge on any atom is 0.0927 e. The molecular formula is C19H23N5. The van der Waals surface area contributed by atoms with E-state index in [0.29, 0.717) is 0 Å². The molecule has 1 saturated heterocycles. The first-order chi connectivity index (χ1) is 11.7. The van der Waals surface area contributed by atoms with Gasteiger partial charge in [0.2, 0.25) is 0 Å². The highest BCUT2D eigenvalue weighted by molar-refractivity contribution is 5.77. The van der Waals surface area contributed by atoms with Crippen molar-refractivity contribution < 1.29 is 0 Å². The summed E-state index contributed by atoms with van der Waals surface area (Å²) < 4.78 is 2.14. The molecule has 0 bridgehead atoms. The van der Waals surface area contributed by atoms with Crippen molar-refractivity contribution in [3.8, 4) is 11.3 Å². The highest BCUT2D eigenvalue weighted by atomic mass is 15.3. The number of benzene rings is 1. The molecule has 0 amide bonds. The van der Waals surface area contributed by atoms with Crippen molar-refractivity contribution in [2.75, 3.05) is 20.1 Å². The number of aromatic nitrogens is 4. The maximum atomic E-state index is 4.75. The summed E-state index contributed by atoms with van der Waals surface area (Å²) in [6.45, 7) is 5.51. The van der Waals surface area contributed by atoms with Crippen molar-refractivity contribution in [1.82, 2.24) is 24.6 Å². The van der Waals surface area contributed by atoms with E-state index in [9.17, 15) is 0 Å². The zero-order chi connectivity index (χ0) is 16.5. The van der Waals surface area contributed by atoms with E-state index < -0.39 is 0 Å². The van der Waals surface area contributed by atoms with Gasteiger partial charge in [0.25, 0.3) is 0 Å². The summed E-state index contributed by atoms with van der Waals surface area (Å²) in [6, 6.07) is 7.98. The number of hydrogen-bond donors (Lipinski definition) is 0. The van der Waals surface area contributed by atoms with Crippen molar-refractivity contribution in [3.63, 3.8) is 0 Å². The largest absolute Gasteiger partial charge is 0.306 e. The number of hydrogen-bond acceptors (Lipinski definition) is 4. The first-order valence-corrected chi connectivity index (χ1v) is 8.64. The second kappa shape index (κ2) is 6.32. The quantitative estimate of drug-likeness (QED) is 0.743. The number of para-hydroxylation sites is 2. The maximum absolute atomic E-state index is 4.75. The second-order valence-electron chi connectivity index (χ2n) is 6.82. The fourth-order valence-electron chi connectivity index (χ4n) is 3.46. The Morgan fingerprint density at radius 3 is 2.62 bits per heavy atom. The standard InChI is InChI=1S/C19H23N5/c1-14-16(19-12-20-17-5-3-4-6-18(17)22-19)11-21-24(14)13-15-7-9-23(2)10-8-15/h3-6,11-12,15H,7-10,13H2,1-2H3. The highest BCUT2D eigenvalue weighted by Crippen LogP contribution is 2.25. The molecule has 3 aromatic rings. The van der Waals surface area contributed by atoms with Gasteiger partial charge in [0.05, 0.1) is 29.1 Å². The Labute approximate surface area is 142 Å². The molecule has 24 heavy (non-hydrogen) atoms. The molecule has 1 aliphatic heterocycles. The van der Waals surface area contributed by atoms with Gasteiger partial charge in [0.1, 0.15) is 0 Å². The molecule has 3 heterocycles. The summed E-state index contributed by atoms with van der Waals surface area (Å²) in [6.07, 6.45) is 6.29. The summed E-state index contributed by atoms with van der Waals surface area (Å²) >= 11 is 0. The molecule has 0 spiro atoms. The van der Waals surface area contributed by atoms with E-state index in [0.717, 1.165) is 34.8 Å². The molecular weight excluding hydrogens is 298 g/mol. The molecule has 0 unspecified atom stereocenters. The average Bonchev–Trinajstić information content (AvgIpc) is 2.97. The fourth-order valence-corrected chi connectivity index (χ4v) is 3.46. The molecule has 124 valence electrons. The van der Waals surface area contributed by atoms with Gasteiger partial charge in [-0.05, 0) is 58.0 Å². The zero-order valence-electron chi connectivity index (χ0n) is 14.3. The van der Waals surface area contributed by atoms with Crippen LogP contribution in [0, 0.1) is 12.8 Å². The van der Waals surface area contributed by atoms with E-state index in [-0.39, 0.29) is 0 Å². The lowest BCUT2D eigenvalue weighted by molar-refractivity contribution is 0.200. The third-order valence-electron chi connectivity index (χ3n) is 5.10. The van der Waals surface area contributed by atoms with Gasteiger partial charge >= 0.3 is 0 Å². The molecule has 0 atom stereocenters. The molecule has 2 aromatic heterocycles. The number of fused-ring (bicyclic) bond motifs is 1. The number of piperidine rings is 1.